The molecule has 90 valence electrons. The molecule has 0 radical (unpaired) electrons. The van der Waals surface area contributed by atoms with Gasteiger partial charge in [-0.05, 0) is 12.2 Å². The summed E-state index contributed by atoms with van der Waals surface area (Å²) in [5.41, 5.74) is 0. The molecule has 0 saturated carbocycles. The Morgan fingerprint density at radius 2 is 2.12 bits per heavy atom. The highest BCUT2D eigenvalue weighted by Gasteiger charge is 2.35. The second kappa shape index (κ2) is 5.18. The fourth-order valence-electron chi connectivity index (χ4n) is 1.75. The van der Waals surface area contributed by atoms with E-state index in [2.05, 4.69) is 5.32 Å². The largest absolute Gasteiger partial charge is 0.480 e. The molecule has 0 bridgehead atoms. The van der Waals surface area contributed by atoms with Crippen LogP contribution in [-0.2, 0) is 4.79 Å². The maximum atomic E-state index is 11.8. The molecule has 0 aromatic rings. The Bertz CT molecular complexity index is 294. The van der Waals surface area contributed by atoms with E-state index in [9.17, 15) is 9.59 Å². The van der Waals surface area contributed by atoms with Gasteiger partial charge in [0.1, 0.15) is 6.04 Å². The Morgan fingerprint density at radius 1 is 1.31 bits per heavy atom. The van der Waals surface area contributed by atoms with Gasteiger partial charge in [0.05, 0.1) is 5.88 Å². The summed E-state index contributed by atoms with van der Waals surface area (Å²) in [6.45, 7) is 0. The smallest absolute Gasteiger partial charge is 0.327 e. The molecule has 2 aliphatic heterocycles. The standard InChI is InChI=1S/C9H14N2O3S2/c12-8(13)7-4-16-5-11(7)9(14)10-6-1-2-15-3-6/h6-7H,1-5H2,(H,10,14)(H,12,13)/t6?,7-/m0/s1. The number of carboxylic acids is 1. The zero-order valence-corrected chi connectivity index (χ0v) is 10.4. The lowest BCUT2D eigenvalue weighted by atomic mass is 10.2. The summed E-state index contributed by atoms with van der Waals surface area (Å²) >= 11 is 3.30. The van der Waals surface area contributed by atoms with Crippen LogP contribution in [0.15, 0.2) is 0 Å². The maximum Gasteiger partial charge on any atom is 0.327 e. The number of nitrogens with zero attached hydrogens (tertiary/aromatic N) is 1. The molecule has 0 aromatic carbocycles. The molecular weight excluding hydrogens is 248 g/mol. The summed E-state index contributed by atoms with van der Waals surface area (Å²) < 4.78 is 0. The van der Waals surface area contributed by atoms with E-state index in [1.807, 2.05) is 11.8 Å². The minimum atomic E-state index is -0.916. The van der Waals surface area contributed by atoms with Gasteiger partial charge in [-0.25, -0.2) is 9.59 Å². The Balaban J connectivity index is 1.90. The van der Waals surface area contributed by atoms with Crippen LogP contribution in [0.2, 0.25) is 0 Å². The molecule has 2 amide bonds. The lowest BCUT2D eigenvalue weighted by molar-refractivity contribution is -0.140. The van der Waals surface area contributed by atoms with Crippen molar-refractivity contribution in [2.45, 2.75) is 18.5 Å². The van der Waals surface area contributed by atoms with E-state index in [1.54, 1.807) is 0 Å². The number of hydrogen-bond donors (Lipinski definition) is 2. The van der Waals surface area contributed by atoms with Crippen LogP contribution in [0.1, 0.15) is 6.42 Å². The Hall–Kier alpha value is -0.560. The number of thioether (sulfide) groups is 2. The molecule has 2 saturated heterocycles. The van der Waals surface area contributed by atoms with Crippen molar-refractivity contribution in [3.05, 3.63) is 0 Å². The van der Waals surface area contributed by atoms with Gasteiger partial charge in [0.2, 0.25) is 0 Å². The van der Waals surface area contributed by atoms with E-state index < -0.39 is 12.0 Å². The predicted molar refractivity (Wildman–Crippen MR) is 64.8 cm³/mol. The molecule has 2 heterocycles. The number of amides is 2. The van der Waals surface area contributed by atoms with Gasteiger partial charge in [-0.3, -0.25) is 0 Å². The summed E-state index contributed by atoms with van der Waals surface area (Å²) in [5, 5.41) is 11.8. The average Bonchev–Trinajstić information content (AvgIpc) is 2.86. The van der Waals surface area contributed by atoms with Crippen LogP contribution in [0.5, 0.6) is 0 Å². The minimum Gasteiger partial charge on any atom is -0.480 e. The third-order valence-corrected chi connectivity index (χ3v) is 4.86. The van der Waals surface area contributed by atoms with Gasteiger partial charge in [0.15, 0.2) is 0 Å². The van der Waals surface area contributed by atoms with E-state index in [0.717, 1.165) is 17.9 Å². The van der Waals surface area contributed by atoms with Crippen LogP contribution in [0, 0.1) is 0 Å². The lowest BCUT2D eigenvalue weighted by Crippen LogP contribution is -2.49. The number of urea groups is 1. The molecule has 2 atom stereocenters. The number of nitrogens with one attached hydrogen (secondary N) is 1. The second-order valence-corrected chi connectivity index (χ2v) is 5.98. The van der Waals surface area contributed by atoms with E-state index in [-0.39, 0.29) is 12.1 Å². The molecular formula is C9H14N2O3S2. The highest BCUT2D eigenvalue weighted by atomic mass is 32.2. The van der Waals surface area contributed by atoms with Gasteiger partial charge in [-0.2, -0.15) is 11.8 Å². The molecule has 0 aliphatic carbocycles. The number of hydrogen-bond acceptors (Lipinski definition) is 4. The van der Waals surface area contributed by atoms with Crippen molar-refractivity contribution >= 4 is 35.5 Å². The molecule has 16 heavy (non-hydrogen) atoms. The average molecular weight is 262 g/mol. The number of carbonyl (C=O) groups excluding carboxylic acids is 1. The van der Waals surface area contributed by atoms with Crippen molar-refractivity contribution in [3.8, 4) is 0 Å². The van der Waals surface area contributed by atoms with Gasteiger partial charge in [-0.1, -0.05) is 0 Å². The first-order valence-electron chi connectivity index (χ1n) is 5.14. The fourth-order valence-corrected chi connectivity index (χ4v) is 4.05. The van der Waals surface area contributed by atoms with E-state index >= 15 is 0 Å². The first-order chi connectivity index (χ1) is 7.68. The summed E-state index contributed by atoms with van der Waals surface area (Å²) in [5.74, 6) is 2.05. The van der Waals surface area contributed by atoms with Crippen LogP contribution in [0.4, 0.5) is 4.79 Å². The molecule has 2 N–H and O–H groups in total. The lowest BCUT2D eigenvalue weighted by Gasteiger charge is -2.23. The van der Waals surface area contributed by atoms with Gasteiger partial charge in [-0.15, -0.1) is 11.8 Å². The molecule has 2 rings (SSSR count). The van der Waals surface area contributed by atoms with E-state index in [4.69, 9.17) is 5.11 Å². The van der Waals surface area contributed by atoms with Gasteiger partial charge < -0.3 is 15.3 Å². The van der Waals surface area contributed by atoms with Crippen molar-refractivity contribution < 1.29 is 14.7 Å². The quantitative estimate of drug-likeness (QED) is 0.765. The molecule has 1 unspecified atom stereocenters. The maximum absolute atomic E-state index is 11.8. The van der Waals surface area contributed by atoms with Crippen molar-refractivity contribution in [2.24, 2.45) is 0 Å². The van der Waals surface area contributed by atoms with E-state index in [0.29, 0.717) is 11.6 Å². The molecule has 0 spiro atoms. The first-order valence-corrected chi connectivity index (χ1v) is 7.45. The molecule has 2 aliphatic rings. The van der Waals surface area contributed by atoms with Crippen LogP contribution in [0.25, 0.3) is 0 Å². The van der Waals surface area contributed by atoms with E-state index in [1.165, 1.54) is 16.7 Å². The molecule has 2 fully saturated rings. The van der Waals surface area contributed by atoms with Crippen molar-refractivity contribution in [1.82, 2.24) is 10.2 Å². The number of carboxylic acid groups (broad SMARTS) is 1. The highest BCUT2D eigenvalue weighted by molar-refractivity contribution is 7.99. The number of aliphatic carboxylic acids is 1. The Kier molecular flexibility index (Phi) is 3.86. The first kappa shape index (κ1) is 11.9. The minimum absolute atomic E-state index is 0.206. The highest BCUT2D eigenvalue weighted by Crippen LogP contribution is 2.22. The fraction of sp³-hybridized carbons (Fsp3) is 0.778. The van der Waals surface area contributed by atoms with Crippen LogP contribution < -0.4 is 5.32 Å². The van der Waals surface area contributed by atoms with Crippen LogP contribution in [0.3, 0.4) is 0 Å². The summed E-state index contributed by atoms with van der Waals surface area (Å²) in [6, 6.07) is -0.693. The third kappa shape index (κ3) is 2.57. The summed E-state index contributed by atoms with van der Waals surface area (Å²) in [6.07, 6.45) is 0.981. The predicted octanol–water partition coefficient (Wildman–Crippen LogP) is 0.661. The van der Waals surface area contributed by atoms with Crippen LogP contribution >= 0.6 is 23.5 Å². The Morgan fingerprint density at radius 3 is 2.75 bits per heavy atom. The molecule has 5 nitrogen and oxygen atoms in total. The summed E-state index contributed by atoms with van der Waals surface area (Å²) in [7, 11) is 0. The summed E-state index contributed by atoms with van der Waals surface area (Å²) in [4.78, 5) is 24.2. The number of carbonyl (C=O) groups is 2. The molecule has 7 heteroatoms. The zero-order valence-electron chi connectivity index (χ0n) is 8.72. The molecule has 0 aromatic heterocycles. The topological polar surface area (TPSA) is 69.6 Å². The van der Waals surface area contributed by atoms with Gasteiger partial charge >= 0.3 is 12.0 Å². The SMILES string of the molecule is O=C(O)[C@@H]1CSCN1C(=O)NC1CCSC1. The third-order valence-electron chi connectivity index (χ3n) is 2.69. The van der Waals surface area contributed by atoms with Gasteiger partial charge in [0.25, 0.3) is 0 Å². The van der Waals surface area contributed by atoms with Crippen LogP contribution in [-0.4, -0.2) is 57.2 Å². The Labute approximate surface area is 102 Å². The monoisotopic (exact) mass is 262 g/mol. The van der Waals surface area contributed by atoms with Gasteiger partial charge in [0, 0.05) is 17.5 Å². The zero-order chi connectivity index (χ0) is 11.5. The van der Waals surface area contributed by atoms with Crippen molar-refractivity contribution in [2.75, 3.05) is 23.1 Å². The normalized spacial score (nSPS) is 29.4. The number of rotatable bonds is 2. The second-order valence-electron chi connectivity index (χ2n) is 3.83. The van der Waals surface area contributed by atoms with Crippen molar-refractivity contribution in [3.63, 3.8) is 0 Å². The van der Waals surface area contributed by atoms with Crippen molar-refractivity contribution in [1.29, 1.82) is 0 Å².